The summed E-state index contributed by atoms with van der Waals surface area (Å²) in [6, 6.07) is -0.475. The first-order chi connectivity index (χ1) is 9.54. The number of methoxy groups -OCH3 is 1. The van der Waals surface area contributed by atoms with Gasteiger partial charge in [-0.25, -0.2) is 4.79 Å². The number of carboxylic acid groups (broad SMARTS) is 1. The number of aliphatic carboxylic acids is 1. The van der Waals surface area contributed by atoms with Crippen molar-refractivity contribution in [3.8, 4) is 0 Å². The molecule has 0 aromatic heterocycles. The van der Waals surface area contributed by atoms with Gasteiger partial charge in [-0.15, -0.1) is 0 Å². The second-order valence-corrected chi connectivity index (χ2v) is 6.27. The molecular formula is C15H25NO4. The third kappa shape index (κ3) is 3.14. The fourth-order valence-electron chi connectivity index (χ4n) is 3.79. The van der Waals surface area contributed by atoms with Gasteiger partial charge in [0.25, 0.3) is 0 Å². The van der Waals surface area contributed by atoms with E-state index >= 15 is 0 Å². The van der Waals surface area contributed by atoms with Crippen molar-refractivity contribution in [2.75, 3.05) is 13.7 Å². The molecule has 1 amide bonds. The number of carbonyl (C=O) groups is 2. The summed E-state index contributed by atoms with van der Waals surface area (Å²) < 4.78 is 5.06. The predicted molar refractivity (Wildman–Crippen MR) is 74.3 cm³/mol. The lowest BCUT2D eigenvalue weighted by molar-refractivity contribution is -0.150. The van der Waals surface area contributed by atoms with Crippen LogP contribution < -0.4 is 0 Å². The van der Waals surface area contributed by atoms with Crippen molar-refractivity contribution in [3.63, 3.8) is 0 Å². The van der Waals surface area contributed by atoms with Gasteiger partial charge in [0.15, 0.2) is 0 Å². The van der Waals surface area contributed by atoms with Crippen LogP contribution in [0.25, 0.3) is 0 Å². The summed E-state index contributed by atoms with van der Waals surface area (Å²) in [6.07, 6.45) is 5.29. The minimum atomic E-state index is -0.854. The van der Waals surface area contributed by atoms with Crippen LogP contribution in [0.1, 0.15) is 45.4 Å². The summed E-state index contributed by atoms with van der Waals surface area (Å²) in [5.41, 5.74) is 0. The van der Waals surface area contributed by atoms with Crippen molar-refractivity contribution in [2.24, 2.45) is 11.8 Å². The van der Waals surface area contributed by atoms with Gasteiger partial charge in [0.1, 0.15) is 6.04 Å². The highest BCUT2D eigenvalue weighted by Crippen LogP contribution is 2.40. The normalized spacial score (nSPS) is 30.9. The molecule has 1 heterocycles. The number of amides is 1. The lowest BCUT2D eigenvalue weighted by Gasteiger charge is -2.33. The fraction of sp³-hybridized carbons (Fsp3) is 0.867. The average molecular weight is 283 g/mol. The van der Waals surface area contributed by atoms with Gasteiger partial charge in [0.05, 0.1) is 0 Å². The Bertz CT molecular complexity index is 371. The molecule has 1 saturated carbocycles. The lowest BCUT2D eigenvalue weighted by Crippen LogP contribution is -2.46. The second kappa shape index (κ2) is 6.57. The Morgan fingerprint density at radius 1 is 1.35 bits per heavy atom. The number of hydrogen-bond donors (Lipinski definition) is 1. The topological polar surface area (TPSA) is 66.8 Å². The minimum Gasteiger partial charge on any atom is -0.480 e. The number of ether oxygens (including phenoxy) is 1. The summed E-state index contributed by atoms with van der Waals surface area (Å²) in [6.45, 7) is 2.50. The van der Waals surface area contributed by atoms with Crippen LogP contribution in [0.15, 0.2) is 0 Å². The highest BCUT2D eigenvalue weighted by Gasteiger charge is 2.47. The number of rotatable bonds is 5. The van der Waals surface area contributed by atoms with Gasteiger partial charge >= 0.3 is 5.97 Å². The fourth-order valence-corrected chi connectivity index (χ4v) is 3.79. The van der Waals surface area contributed by atoms with E-state index in [1.54, 1.807) is 12.0 Å². The van der Waals surface area contributed by atoms with Crippen molar-refractivity contribution in [2.45, 2.75) is 57.5 Å². The Balaban J connectivity index is 2.08. The molecule has 1 aliphatic heterocycles. The van der Waals surface area contributed by atoms with Crippen LogP contribution in [0.3, 0.4) is 0 Å². The van der Waals surface area contributed by atoms with Crippen molar-refractivity contribution >= 4 is 11.9 Å². The first-order valence-electron chi connectivity index (χ1n) is 7.57. The molecule has 4 atom stereocenters. The summed E-state index contributed by atoms with van der Waals surface area (Å²) in [5, 5.41) is 9.40. The van der Waals surface area contributed by atoms with Gasteiger partial charge in [0, 0.05) is 26.2 Å². The minimum absolute atomic E-state index is 0.0173. The molecule has 2 fully saturated rings. The highest BCUT2D eigenvalue weighted by atomic mass is 16.5. The molecule has 4 unspecified atom stereocenters. The van der Waals surface area contributed by atoms with Gasteiger partial charge < -0.3 is 14.7 Å². The molecule has 114 valence electrons. The molecule has 0 bridgehead atoms. The van der Waals surface area contributed by atoms with Gasteiger partial charge in [-0.2, -0.15) is 0 Å². The van der Waals surface area contributed by atoms with Crippen LogP contribution in [-0.4, -0.2) is 47.7 Å². The zero-order chi connectivity index (χ0) is 14.7. The van der Waals surface area contributed by atoms with Crippen LogP contribution in [0.5, 0.6) is 0 Å². The maximum Gasteiger partial charge on any atom is 0.326 e. The smallest absolute Gasteiger partial charge is 0.326 e. The first-order valence-corrected chi connectivity index (χ1v) is 7.57. The molecule has 1 saturated heterocycles. The van der Waals surface area contributed by atoms with Crippen molar-refractivity contribution in [1.82, 2.24) is 4.90 Å². The van der Waals surface area contributed by atoms with E-state index in [1.807, 2.05) is 6.92 Å². The molecule has 0 aromatic rings. The Labute approximate surface area is 120 Å². The van der Waals surface area contributed by atoms with Gasteiger partial charge in [-0.05, 0) is 31.1 Å². The average Bonchev–Trinajstić information content (AvgIpc) is 2.78. The van der Waals surface area contributed by atoms with E-state index in [0.29, 0.717) is 25.4 Å². The number of carboxylic acids is 1. The van der Waals surface area contributed by atoms with Crippen molar-refractivity contribution in [1.29, 1.82) is 0 Å². The molecule has 5 nitrogen and oxygen atoms in total. The number of hydrogen-bond acceptors (Lipinski definition) is 3. The standard InChI is InChI=1S/C15H25NO4/c1-10(9-20-2)7-14(17)16-12-6-4-3-5-11(12)8-13(16)15(18)19/h10-13H,3-9H2,1-2H3,(H,18,19). The van der Waals surface area contributed by atoms with E-state index in [2.05, 4.69) is 0 Å². The molecular weight excluding hydrogens is 258 g/mol. The van der Waals surface area contributed by atoms with Crippen molar-refractivity contribution < 1.29 is 19.4 Å². The highest BCUT2D eigenvalue weighted by molar-refractivity contribution is 5.85. The monoisotopic (exact) mass is 283 g/mol. The Morgan fingerprint density at radius 2 is 2.05 bits per heavy atom. The number of carbonyl (C=O) groups excluding carboxylic acids is 1. The Morgan fingerprint density at radius 3 is 2.70 bits per heavy atom. The third-order valence-corrected chi connectivity index (χ3v) is 4.64. The van der Waals surface area contributed by atoms with Crippen LogP contribution in [0, 0.1) is 11.8 Å². The lowest BCUT2D eigenvalue weighted by atomic mass is 9.84. The van der Waals surface area contributed by atoms with Crippen LogP contribution >= 0.6 is 0 Å². The quantitative estimate of drug-likeness (QED) is 0.837. The molecule has 0 radical (unpaired) electrons. The number of fused-ring (bicyclic) bond motifs is 1. The summed E-state index contributed by atoms with van der Waals surface area (Å²) in [5.74, 6) is -0.361. The zero-order valence-electron chi connectivity index (χ0n) is 12.4. The number of likely N-dealkylation sites (tertiary alicyclic amines) is 1. The van der Waals surface area contributed by atoms with Crippen molar-refractivity contribution in [3.05, 3.63) is 0 Å². The first kappa shape index (κ1) is 15.3. The van der Waals surface area contributed by atoms with Gasteiger partial charge in [0.2, 0.25) is 5.91 Å². The third-order valence-electron chi connectivity index (χ3n) is 4.64. The van der Waals surface area contributed by atoms with E-state index in [-0.39, 0.29) is 17.9 Å². The van der Waals surface area contributed by atoms with E-state index in [1.165, 1.54) is 0 Å². The molecule has 1 aliphatic carbocycles. The molecule has 20 heavy (non-hydrogen) atoms. The Hall–Kier alpha value is -1.10. The molecule has 1 N–H and O–H groups in total. The summed E-state index contributed by atoms with van der Waals surface area (Å²) in [7, 11) is 1.62. The van der Waals surface area contributed by atoms with E-state index in [9.17, 15) is 14.7 Å². The largest absolute Gasteiger partial charge is 0.480 e. The molecule has 5 heteroatoms. The predicted octanol–water partition coefficient (Wildman–Crippen LogP) is 1.90. The molecule has 0 spiro atoms. The summed E-state index contributed by atoms with van der Waals surface area (Å²) >= 11 is 0. The second-order valence-electron chi connectivity index (χ2n) is 6.27. The maximum atomic E-state index is 12.5. The van der Waals surface area contributed by atoms with E-state index in [4.69, 9.17) is 4.74 Å². The maximum absolute atomic E-state index is 12.5. The molecule has 0 aromatic carbocycles. The molecule has 2 aliphatic rings. The van der Waals surface area contributed by atoms with E-state index < -0.39 is 12.0 Å². The summed E-state index contributed by atoms with van der Waals surface area (Å²) in [4.78, 5) is 25.6. The van der Waals surface area contributed by atoms with Gasteiger partial charge in [-0.3, -0.25) is 4.79 Å². The Kier molecular flexibility index (Phi) is 5.02. The van der Waals surface area contributed by atoms with Crippen LogP contribution in [0.4, 0.5) is 0 Å². The number of nitrogens with zero attached hydrogens (tertiary/aromatic N) is 1. The molecule has 2 rings (SSSR count). The SMILES string of the molecule is COCC(C)CC(=O)N1C(C(=O)O)CC2CCCCC21. The zero-order valence-corrected chi connectivity index (χ0v) is 12.4. The van der Waals surface area contributed by atoms with Crippen LogP contribution in [-0.2, 0) is 14.3 Å². The van der Waals surface area contributed by atoms with Gasteiger partial charge in [-0.1, -0.05) is 19.8 Å². The van der Waals surface area contributed by atoms with E-state index in [0.717, 1.165) is 25.7 Å². The van der Waals surface area contributed by atoms with Crippen LogP contribution in [0.2, 0.25) is 0 Å².